The third-order valence-corrected chi connectivity index (χ3v) is 4.15. The number of hydrogen-bond acceptors (Lipinski definition) is 3. The Morgan fingerprint density at radius 3 is 2.67 bits per heavy atom. The van der Waals surface area contributed by atoms with Crippen molar-refractivity contribution < 1.29 is 9.72 Å². The van der Waals surface area contributed by atoms with Gasteiger partial charge in [0.15, 0.2) is 0 Å². The third kappa shape index (κ3) is 4.80. The topological polar surface area (TPSA) is 63.5 Å². The van der Waals surface area contributed by atoms with E-state index in [2.05, 4.69) is 6.07 Å². The molecule has 0 atom stereocenters. The Morgan fingerprint density at radius 2 is 2.00 bits per heavy atom. The number of carbonyl (C=O) groups excluding carboxylic acids is 1. The fourth-order valence-electron chi connectivity index (χ4n) is 2.45. The molecule has 0 aliphatic carbocycles. The van der Waals surface area contributed by atoms with Gasteiger partial charge in [0.05, 0.1) is 4.92 Å². The van der Waals surface area contributed by atoms with Crippen LogP contribution in [0.3, 0.4) is 0 Å². The van der Waals surface area contributed by atoms with Gasteiger partial charge < -0.3 is 4.90 Å². The number of rotatable bonds is 6. The first-order chi connectivity index (χ1) is 11.4. The van der Waals surface area contributed by atoms with Crippen molar-refractivity contribution in [1.82, 2.24) is 4.90 Å². The van der Waals surface area contributed by atoms with E-state index in [4.69, 9.17) is 11.6 Å². The second kappa shape index (κ2) is 7.93. The number of nitrogens with zero attached hydrogens (tertiary/aromatic N) is 2. The average Bonchev–Trinajstić information content (AvgIpc) is 2.54. The quantitative estimate of drug-likeness (QED) is 0.583. The van der Waals surface area contributed by atoms with E-state index >= 15 is 0 Å². The van der Waals surface area contributed by atoms with E-state index in [1.807, 2.05) is 25.1 Å². The second-order valence-corrected chi connectivity index (χ2v) is 6.18. The van der Waals surface area contributed by atoms with Crippen LogP contribution in [-0.2, 0) is 17.8 Å². The van der Waals surface area contributed by atoms with E-state index in [9.17, 15) is 14.9 Å². The Morgan fingerprint density at radius 1 is 1.25 bits per heavy atom. The Hall–Kier alpha value is -2.40. The number of carbonyl (C=O) groups is 1. The number of non-ortho nitro benzene ring substituents is 1. The van der Waals surface area contributed by atoms with Crippen LogP contribution in [0.1, 0.15) is 23.1 Å². The molecule has 2 aromatic carbocycles. The molecule has 6 heteroatoms. The first kappa shape index (κ1) is 17.9. The average molecular weight is 347 g/mol. The number of halogens is 1. The Balaban J connectivity index is 1.99. The molecule has 2 rings (SSSR count). The zero-order chi connectivity index (χ0) is 17.7. The van der Waals surface area contributed by atoms with Crippen LogP contribution >= 0.6 is 11.6 Å². The van der Waals surface area contributed by atoms with Crippen LogP contribution in [0.25, 0.3) is 0 Å². The first-order valence-corrected chi connectivity index (χ1v) is 7.97. The van der Waals surface area contributed by atoms with E-state index in [0.717, 1.165) is 11.1 Å². The monoisotopic (exact) mass is 346 g/mol. The van der Waals surface area contributed by atoms with Crippen LogP contribution in [-0.4, -0.2) is 22.8 Å². The van der Waals surface area contributed by atoms with Crippen molar-refractivity contribution in [2.75, 3.05) is 7.05 Å². The van der Waals surface area contributed by atoms with Gasteiger partial charge in [-0.25, -0.2) is 0 Å². The largest absolute Gasteiger partial charge is 0.341 e. The zero-order valence-corrected chi connectivity index (χ0v) is 14.4. The molecule has 1 amide bonds. The van der Waals surface area contributed by atoms with Gasteiger partial charge in [-0.15, -0.1) is 0 Å². The minimum absolute atomic E-state index is 0.0286. The molecular formula is C18H19ClN2O3. The highest BCUT2D eigenvalue weighted by Crippen LogP contribution is 2.23. The van der Waals surface area contributed by atoms with Crippen molar-refractivity contribution in [3.8, 4) is 0 Å². The van der Waals surface area contributed by atoms with Crippen molar-refractivity contribution in [2.45, 2.75) is 26.3 Å². The summed E-state index contributed by atoms with van der Waals surface area (Å²) in [5.41, 5.74) is 2.81. The summed E-state index contributed by atoms with van der Waals surface area (Å²) in [4.78, 5) is 24.2. The van der Waals surface area contributed by atoms with Gasteiger partial charge in [0.1, 0.15) is 0 Å². The first-order valence-electron chi connectivity index (χ1n) is 7.59. The molecule has 0 saturated heterocycles. The maximum atomic E-state index is 12.3. The summed E-state index contributed by atoms with van der Waals surface area (Å²) in [6, 6.07) is 12.3. The van der Waals surface area contributed by atoms with Gasteiger partial charge in [-0.1, -0.05) is 41.4 Å². The van der Waals surface area contributed by atoms with E-state index in [1.54, 1.807) is 11.9 Å². The smallest absolute Gasteiger partial charge is 0.269 e. The van der Waals surface area contributed by atoms with E-state index in [1.165, 1.54) is 18.2 Å². The van der Waals surface area contributed by atoms with E-state index < -0.39 is 4.92 Å². The molecule has 24 heavy (non-hydrogen) atoms. The fourth-order valence-corrected chi connectivity index (χ4v) is 2.63. The van der Waals surface area contributed by atoms with Gasteiger partial charge >= 0.3 is 0 Å². The van der Waals surface area contributed by atoms with Gasteiger partial charge in [0, 0.05) is 37.2 Å². The summed E-state index contributed by atoms with van der Waals surface area (Å²) in [5.74, 6) is -0.0286. The lowest BCUT2D eigenvalue weighted by Crippen LogP contribution is -2.26. The summed E-state index contributed by atoms with van der Waals surface area (Å²) in [6.07, 6.45) is 1.04. The normalized spacial score (nSPS) is 10.5. The highest BCUT2D eigenvalue weighted by atomic mass is 35.5. The van der Waals surface area contributed by atoms with Gasteiger partial charge in [0.2, 0.25) is 5.91 Å². The summed E-state index contributed by atoms with van der Waals surface area (Å²) >= 11 is 6.08. The van der Waals surface area contributed by atoms with Gasteiger partial charge in [-0.2, -0.15) is 0 Å². The molecule has 0 bridgehead atoms. The van der Waals surface area contributed by atoms with E-state index in [-0.39, 0.29) is 18.1 Å². The molecule has 0 fully saturated rings. The maximum absolute atomic E-state index is 12.3. The molecule has 0 aromatic heterocycles. The molecule has 5 nitrogen and oxygen atoms in total. The molecule has 0 aliphatic rings. The Labute approximate surface area is 146 Å². The lowest BCUT2D eigenvalue weighted by molar-refractivity contribution is -0.384. The minimum atomic E-state index is -0.473. The Bertz CT molecular complexity index is 762. The number of aryl methyl sites for hydroxylation is 2. The lowest BCUT2D eigenvalue weighted by Gasteiger charge is -2.18. The van der Waals surface area contributed by atoms with Gasteiger partial charge in [0.25, 0.3) is 5.69 Å². The molecule has 0 spiro atoms. The van der Waals surface area contributed by atoms with Crippen LogP contribution in [0.5, 0.6) is 0 Å². The number of benzene rings is 2. The summed E-state index contributed by atoms with van der Waals surface area (Å²) in [5, 5.41) is 11.3. The van der Waals surface area contributed by atoms with Crippen LogP contribution in [0.4, 0.5) is 5.69 Å². The van der Waals surface area contributed by atoms with Crippen LogP contribution < -0.4 is 0 Å². The number of nitro groups is 1. The molecular weight excluding hydrogens is 328 g/mol. The summed E-state index contributed by atoms with van der Waals surface area (Å²) in [7, 11) is 1.67. The summed E-state index contributed by atoms with van der Waals surface area (Å²) < 4.78 is 0. The molecule has 0 heterocycles. The molecule has 126 valence electrons. The molecule has 0 aliphatic heterocycles. The molecule has 0 radical (unpaired) electrons. The van der Waals surface area contributed by atoms with Crippen molar-refractivity contribution in [3.63, 3.8) is 0 Å². The summed E-state index contributed by atoms with van der Waals surface area (Å²) in [6.45, 7) is 2.26. The lowest BCUT2D eigenvalue weighted by atomic mass is 10.1. The van der Waals surface area contributed by atoms with Gasteiger partial charge in [-0.05, 0) is 30.5 Å². The SMILES string of the molecule is Cc1cccc(CCC(=O)N(C)Cc2cc([N+](=O)[O-])ccc2Cl)c1. The highest BCUT2D eigenvalue weighted by Gasteiger charge is 2.14. The standard InChI is InChI=1S/C18H19ClN2O3/c1-13-4-3-5-14(10-13)6-9-18(22)20(2)12-15-11-16(21(23)24)7-8-17(15)19/h3-5,7-8,10-11H,6,9,12H2,1-2H3. The van der Waals surface area contributed by atoms with Crippen LogP contribution in [0, 0.1) is 17.0 Å². The van der Waals surface area contributed by atoms with Crippen molar-refractivity contribution in [2.24, 2.45) is 0 Å². The maximum Gasteiger partial charge on any atom is 0.269 e. The predicted octanol–water partition coefficient (Wildman–Crippen LogP) is 4.15. The molecule has 2 aromatic rings. The van der Waals surface area contributed by atoms with Crippen molar-refractivity contribution in [1.29, 1.82) is 0 Å². The third-order valence-electron chi connectivity index (χ3n) is 3.78. The van der Waals surface area contributed by atoms with Crippen molar-refractivity contribution in [3.05, 3.63) is 74.3 Å². The van der Waals surface area contributed by atoms with Crippen LogP contribution in [0.15, 0.2) is 42.5 Å². The highest BCUT2D eigenvalue weighted by molar-refractivity contribution is 6.31. The second-order valence-electron chi connectivity index (χ2n) is 5.77. The Kier molecular flexibility index (Phi) is 5.93. The number of hydrogen-bond donors (Lipinski definition) is 0. The van der Waals surface area contributed by atoms with E-state index in [0.29, 0.717) is 23.4 Å². The van der Waals surface area contributed by atoms with Crippen molar-refractivity contribution >= 4 is 23.2 Å². The molecule has 0 saturated carbocycles. The minimum Gasteiger partial charge on any atom is -0.341 e. The zero-order valence-electron chi connectivity index (χ0n) is 13.7. The van der Waals surface area contributed by atoms with Gasteiger partial charge in [-0.3, -0.25) is 14.9 Å². The van der Waals surface area contributed by atoms with Crippen LogP contribution in [0.2, 0.25) is 5.02 Å². The molecule has 0 unspecified atom stereocenters. The predicted molar refractivity (Wildman–Crippen MR) is 94.1 cm³/mol. The number of nitro benzene ring substituents is 1. The fraction of sp³-hybridized carbons (Fsp3) is 0.278. The number of amides is 1. The molecule has 0 N–H and O–H groups in total.